The van der Waals surface area contributed by atoms with E-state index in [1.807, 2.05) is 6.07 Å². The first-order chi connectivity index (χ1) is 7.99. The summed E-state index contributed by atoms with van der Waals surface area (Å²) in [5.74, 6) is 0. The van der Waals surface area contributed by atoms with Crippen molar-refractivity contribution < 1.29 is 13.2 Å². The molecule has 1 aromatic rings. The van der Waals surface area contributed by atoms with Crippen LogP contribution in [0.1, 0.15) is 12.5 Å². The van der Waals surface area contributed by atoms with Crippen LogP contribution in [-0.2, 0) is 14.8 Å². The zero-order valence-corrected chi connectivity index (χ0v) is 10.5. The average molecular weight is 254 g/mol. The summed E-state index contributed by atoms with van der Waals surface area (Å²) in [5, 5.41) is 8.62. The van der Waals surface area contributed by atoms with Gasteiger partial charge >= 0.3 is 0 Å². The lowest BCUT2D eigenvalue weighted by Crippen LogP contribution is -2.35. The standard InChI is InChI=1S/C11H14N2O3S/c1-9(8-16-2)13-17(14,15)11-5-3-10(7-12)4-6-11/h3-6,9,13H,8H2,1-2H3/t9-/m1/s1. The highest BCUT2D eigenvalue weighted by Crippen LogP contribution is 2.10. The molecule has 1 aromatic carbocycles. The van der Waals surface area contributed by atoms with Crippen molar-refractivity contribution in [3.05, 3.63) is 29.8 Å². The second-order valence-corrected chi connectivity index (χ2v) is 5.33. The number of rotatable bonds is 5. The van der Waals surface area contributed by atoms with E-state index in [1.54, 1.807) is 6.92 Å². The lowest BCUT2D eigenvalue weighted by molar-refractivity contribution is 0.180. The molecule has 1 N–H and O–H groups in total. The van der Waals surface area contributed by atoms with E-state index in [2.05, 4.69) is 4.72 Å². The van der Waals surface area contributed by atoms with Gasteiger partial charge in [0.25, 0.3) is 0 Å². The summed E-state index contributed by atoms with van der Waals surface area (Å²) in [6.45, 7) is 2.01. The molecule has 0 unspecified atom stereocenters. The molecule has 0 aromatic heterocycles. The molecule has 92 valence electrons. The van der Waals surface area contributed by atoms with Crippen LogP contribution < -0.4 is 4.72 Å². The van der Waals surface area contributed by atoms with Gasteiger partial charge in [-0.3, -0.25) is 0 Å². The number of ether oxygens (including phenoxy) is 1. The van der Waals surface area contributed by atoms with Crippen molar-refractivity contribution in [1.82, 2.24) is 4.72 Å². The van der Waals surface area contributed by atoms with Crippen molar-refractivity contribution in [3.63, 3.8) is 0 Å². The Morgan fingerprint density at radius 2 is 2.00 bits per heavy atom. The van der Waals surface area contributed by atoms with E-state index < -0.39 is 10.0 Å². The number of benzene rings is 1. The van der Waals surface area contributed by atoms with Gasteiger partial charge in [0, 0.05) is 13.2 Å². The number of methoxy groups -OCH3 is 1. The molecule has 0 aliphatic rings. The van der Waals surface area contributed by atoms with E-state index in [1.165, 1.54) is 31.4 Å². The van der Waals surface area contributed by atoms with Crippen LogP contribution in [0.2, 0.25) is 0 Å². The molecule has 0 heterocycles. The van der Waals surface area contributed by atoms with Crippen LogP contribution in [0.25, 0.3) is 0 Å². The maximum Gasteiger partial charge on any atom is 0.240 e. The number of hydrogen-bond acceptors (Lipinski definition) is 4. The zero-order valence-electron chi connectivity index (χ0n) is 9.67. The van der Waals surface area contributed by atoms with Gasteiger partial charge in [-0.15, -0.1) is 0 Å². The maximum absolute atomic E-state index is 11.9. The smallest absolute Gasteiger partial charge is 0.240 e. The molecule has 6 heteroatoms. The summed E-state index contributed by atoms with van der Waals surface area (Å²) < 4.78 is 31.1. The molecular formula is C11H14N2O3S. The van der Waals surface area contributed by atoms with Gasteiger partial charge in [-0.2, -0.15) is 5.26 Å². The molecule has 1 atom stereocenters. The van der Waals surface area contributed by atoms with E-state index >= 15 is 0 Å². The fourth-order valence-electron chi connectivity index (χ4n) is 1.33. The predicted octanol–water partition coefficient (Wildman–Crippen LogP) is 0.871. The van der Waals surface area contributed by atoms with Gasteiger partial charge in [-0.05, 0) is 31.2 Å². The van der Waals surface area contributed by atoms with E-state index in [9.17, 15) is 8.42 Å². The molecule has 17 heavy (non-hydrogen) atoms. The first kappa shape index (κ1) is 13.6. The Labute approximate surface area is 101 Å². The van der Waals surface area contributed by atoms with Crippen molar-refractivity contribution in [1.29, 1.82) is 5.26 Å². The molecule has 0 spiro atoms. The van der Waals surface area contributed by atoms with Gasteiger partial charge in [0.15, 0.2) is 0 Å². The van der Waals surface area contributed by atoms with Gasteiger partial charge in [0.2, 0.25) is 10.0 Å². The highest BCUT2D eigenvalue weighted by Gasteiger charge is 2.16. The Morgan fingerprint density at radius 1 is 1.41 bits per heavy atom. The molecule has 0 saturated heterocycles. The molecule has 0 radical (unpaired) electrons. The molecular weight excluding hydrogens is 240 g/mol. The summed E-state index contributed by atoms with van der Waals surface area (Å²) >= 11 is 0. The summed E-state index contributed by atoms with van der Waals surface area (Å²) in [5.41, 5.74) is 0.425. The summed E-state index contributed by atoms with van der Waals surface area (Å²) in [6, 6.07) is 7.37. The van der Waals surface area contributed by atoms with Crippen LogP contribution >= 0.6 is 0 Å². The number of sulfonamides is 1. The largest absolute Gasteiger partial charge is 0.383 e. The molecule has 1 rings (SSSR count). The van der Waals surface area contributed by atoms with Crippen LogP contribution in [0.5, 0.6) is 0 Å². The van der Waals surface area contributed by atoms with Gasteiger partial charge in [0.1, 0.15) is 0 Å². The van der Waals surface area contributed by atoms with Crippen LogP contribution in [0.3, 0.4) is 0 Å². The Balaban J connectivity index is 2.86. The fraction of sp³-hybridized carbons (Fsp3) is 0.364. The quantitative estimate of drug-likeness (QED) is 0.845. The average Bonchev–Trinajstić information content (AvgIpc) is 2.28. The molecule has 0 aliphatic heterocycles. The Hall–Kier alpha value is -1.42. The van der Waals surface area contributed by atoms with Gasteiger partial charge < -0.3 is 4.74 Å². The fourth-order valence-corrected chi connectivity index (χ4v) is 2.55. The third-order valence-electron chi connectivity index (χ3n) is 2.07. The molecule has 0 bridgehead atoms. The van der Waals surface area contributed by atoms with E-state index in [0.29, 0.717) is 12.2 Å². The third kappa shape index (κ3) is 3.82. The van der Waals surface area contributed by atoms with Crippen molar-refractivity contribution in [2.75, 3.05) is 13.7 Å². The minimum atomic E-state index is -3.55. The van der Waals surface area contributed by atoms with Crippen LogP contribution in [0.15, 0.2) is 29.2 Å². The highest BCUT2D eigenvalue weighted by atomic mass is 32.2. The monoisotopic (exact) mass is 254 g/mol. The summed E-state index contributed by atoms with van der Waals surface area (Å²) in [7, 11) is -2.04. The third-order valence-corrected chi connectivity index (χ3v) is 3.67. The SMILES string of the molecule is COC[C@@H](C)NS(=O)(=O)c1ccc(C#N)cc1. The van der Waals surface area contributed by atoms with Crippen LogP contribution in [-0.4, -0.2) is 28.2 Å². The zero-order chi connectivity index (χ0) is 12.9. The Morgan fingerprint density at radius 3 is 2.47 bits per heavy atom. The minimum Gasteiger partial charge on any atom is -0.383 e. The molecule has 0 saturated carbocycles. The van der Waals surface area contributed by atoms with E-state index in [0.717, 1.165) is 0 Å². The first-order valence-corrected chi connectivity index (χ1v) is 6.49. The summed E-state index contributed by atoms with van der Waals surface area (Å²) in [6.07, 6.45) is 0. The number of hydrogen-bond donors (Lipinski definition) is 1. The number of nitriles is 1. The minimum absolute atomic E-state index is 0.138. The van der Waals surface area contributed by atoms with Gasteiger partial charge in [-0.1, -0.05) is 0 Å². The van der Waals surface area contributed by atoms with Gasteiger partial charge in [0.05, 0.1) is 23.1 Å². The van der Waals surface area contributed by atoms with Crippen LogP contribution in [0.4, 0.5) is 0 Å². The second-order valence-electron chi connectivity index (χ2n) is 3.61. The molecule has 0 fully saturated rings. The van der Waals surface area contributed by atoms with Crippen molar-refractivity contribution >= 4 is 10.0 Å². The Kier molecular flexibility index (Phi) is 4.63. The van der Waals surface area contributed by atoms with Crippen molar-refractivity contribution in [2.24, 2.45) is 0 Å². The molecule has 5 nitrogen and oxygen atoms in total. The van der Waals surface area contributed by atoms with Crippen LogP contribution in [0, 0.1) is 11.3 Å². The molecule has 0 amide bonds. The summed E-state index contributed by atoms with van der Waals surface area (Å²) in [4.78, 5) is 0.138. The highest BCUT2D eigenvalue weighted by molar-refractivity contribution is 7.89. The predicted molar refractivity (Wildman–Crippen MR) is 62.8 cm³/mol. The van der Waals surface area contributed by atoms with Gasteiger partial charge in [-0.25, -0.2) is 13.1 Å². The van der Waals surface area contributed by atoms with Crippen molar-refractivity contribution in [2.45, 2.75) is 17.9 Å². The van der Waals surface area contributed by atoms with E-state index in [4.69, 9.17) is 10.00 Å². The first-order valence-electron chi connectivity index (χ1n) is 5.01. The number of nitrogens with zero attached hydrogens (tertiary/aromatic N) is 1. The normalized spacial score (nSPS) is 13.0. The number of nitrogens with one attached hydrogen (secondary N) is 1. The Bertz CT molecular complexity index is 503. The topological polar surface area (TPSA) is 79.2 Å². The van der Waals surface area contributed by atoms with Crippen molar-refractivity contribution in [3.8, 4) is 6.07 Å². The lowest BCUT2D eigenvalue weighted by atomic mass is 10.2. The lowest BCUT2D eigenvalue weighted by Gasteiger charge is -2.13. The molecule has 0 aliphatic carbocycles. The second kappa shape index (κ2) is 5.77. The van der Waals surface area contributed by atoms with E-state index in [-0.39, 0.29) is 10.9 Å². The maximum atomic E-state index is 11.9.